The predicted octanol–water partition coefficient (Wildman–Crippen LogP) is 3.34. The van der Waals surface area contributed by atoms with Crippen LogP contribution in [0.3, 0.4) is 0 Å². The lowest BCUT2D eigenvalue weighted by molar-refractivity contribution is -0.141. The van der Waals surface area contributed by atoms with Gasteiger partial charge in [0.1, 0.15) is 5.78 Å². The van der Waals surface area contributed by atoms with Crippen molar-refractivity contribution in [1.29, 1.82) is 0 Å². The zero-order valence-electron chi connectivity index (χ0n) is 15.1. The van der Waals surface area contributed by atoms with Crippen molar-refractivity contribution in [2.24, 2.45) is 11.8 Å². The first-order chi connectivity index (χ1) is 12.1. The second-order valence-electron chi connectivity index (χ2n) is 7.32. The Morgan fingerprint density at radius 1 is 1.24 bits per heavy atom. The number of amides is 1. The number of nitrogens with one attached hydrogen (secondary N) is 1. The Bertz CT molecular complexity index is 589. The molecule has 0 unspecified atom stereocenters. The molecule has 0 atom stereocenters. The standard InChI is InChI=1S/C19H29N3O2S/c1-14-17(21-13-20-14)12-25-11-3-6-18(23)15-7-9-22(10-8-15)19(24)16-4-2-5-16/h13,15-16H,2-12H2,1H3,(H,20,21). The molecule has 0 bridgehead atoms. The number of aromatic nitrogens is 2. The van der Waals surface area contributed by atoms with E-state index in [0.29, 0.717) is 18.1 Å². The maximum atomic E-state index is 12.4. The Morgan fingerprint density at radius 3 is 2.60 bits per heavy atom. The molecule has 0 radical (unpaired) electrons. The number of hydrogen-bond acceptors (Lipinski definition) is 4. The Kier molecular flexibility index (Phi) is 6.57. The van der Waals surface area contributed by atoms with Crippen molar-refractivity contribution in [3.05, 3.63) is 17.7 Å². The number of imidazole rings is 1. The molecule has 1 saturated heterocycles. The van der Waals surface area contributed by atoms with Gasteiger partial charge in [0.2, 0.25) is 5.91 Å². The molecule has 2 heterocycles. The molecule has 1 aromatic rings. The van der Waals surface area contributed by atoms with Crippen LogP contribution in [0.1, 0.15) is 56.3 Å². The highest BCUT2D eigenvalue weighted by atomic mass is 32.2. The molecule has 1 N–H and O–H groups in total. The molecule has 6 heteroatoms. The third kappa shape index (κ3) is 4.87. The third-order valence-electron chi connectivity index (χ3n) is 5.60. The van der Waals surface area contributed by atoms with Gasteiger partial charge in [0.25, 0.3) is 0 Å². The molecule has 2 aliphatic rings. The fourth-order valence-electron chi connectivity index (χ4n) is 3.59. The number of H-pyrrole nitrogens is 1. The van der Waals surface area contributed by atoms with Gasteiger partial charge in [-0.2, -0.15) is 11.8 Å². The largest absolute Gasteiger partial charge is 0.348 e. The summed E-state index contributed by atoms with van der Waals surface area (Å²) in [5, 5.41) is 0. The van der Waals surface area contributed by atoms with E-state index in [1.54, 1.807) is 6.33 Å². The summed E-state index contributed by atoms with van der Waals surface area (Å²) < 4.78 is 0. The number of thioether (sulfide) groups is 1. The average Bonchev–Trinajstić information content (AvgIpc) is 2.98. The van der Waals surface area contributed by atoms with Gasteiger partial charge in [-0.05, 0) is 44.8 Å². The molecular weight excluding hydrogens is 334 g/mol. The summed E-state index contributed by atoms with van der Waals surface area (Å²) in [6.07, 6.45) is 8.38. The number of carbonyl (C=O) groups excluding carboxylic acids is 2. The third-order valence-corrected chi connectivity index (χ3v) is 6.66. The summed E-state index contributed by atoms with van der Waals surface area (Å²) in [4.78, 5) is 34.0. The van der Waals surface area contributed by atoms with Crippen LogP contribution in [0, 0.1) is 18.8 Å². The predicted molar refractivity (Wildman–Crippen MR) is 100 cm³/mol. The van der Waals surface area contributed by atoms with Crippen molar-refractivity contribution in [3.8, 4) is 0 Å². The molecule has 0 spiro atoms. The average molecular weight is 364 g/mol. The molecule has 0 aromatic carbocycles. The van der Waals surface area contributed by atoms with Crippen molar-refractivity contribution >= 4 is 23.5 Å². The van der Waals surface area contributed by atoms with Crippen LogP contribution in [-0.2, 0) is 15.3 Å². The highest BCUT2D eigenvalue weighted by Crippen LogP contribution is 2.30. The fourth-order valence-corrected chi connectivity index (χ4v) is 4.57. The van der Waals surface area contributed by atoms with Gasteiger partial charge in [-0.1, -0.05) is 6.42 Å². The van der Waals surface area contributed by atoms with Crippen LogP contribution in [0.25, 0.3) is 0 Å². The monoisotopic (exact) mass is 363 g/mol. The van der Waals surface area contributed by atoms with Gasteiger partial charge >= 0.3 is 0 Å². The van der Waals surface area contributed by atoms with Crippen molar-refractivity contribution in [1.82, 2.24) is 14.9 Å². The van der Waals surface area contributed by atoms with Crippen molar-refractivity contribution in [3.63, 3.8) is 0 Å². The molecule has 2 fully saturated rings. The van der Waals surface area contributed by atoms with E-state index in [4.69, 9.17) is 0 Å². The number of rotatable bonds is 8. The quantitative estimate of drug-likeness (QED) is 0.720. The maximum Gasteiger partial charge on any atom is 0.225 e. The van der Waals surface area contributed by atoms with E-state index in [-0.39, 0.29) is 11.8 Å². The number of aromatic amines is 1. The van der Waals surface area contributed by atoms with Crippen LogP contribution in [-0.4, -0.2) is 45.4 Å². The fraction of sp³-hybridized carbons (Fsp3) is 0.737. The van der Waals surface area contributed by atoms with Gasteiger partial charge in [-0.25, -0.2) is 4.98 Å². The molecule has 138 valence electrons. The second kappa shape index (κ2) is 8.88. The highest BCUT2D eigenvalue weighted by molar-refractivity contribution is 7.98. The van der Waals surface area contributed by atoms with Crippen molar-refractivity contribution in [2.45, 2.75) is 57.6 Å². The van der Waals surface area contributed by atoms with Crippen LogP contribution in [0.15, 0.2) is 6.33 Å². The van der Waals surface area contributed by atoms with Crippen LogP contribution in [0.5, 0.6) is 0 Å². The number of carbonyl (C=O) groups is 2. The minimum Gasteiger partial charge on any atom is -0.348 e. The molecule has 25 heavy (non-hydrogen) atoms. The summed E-state index contributed by atoms with van der Waals surface area (Å²) in [6.45, 7) is 3.59. The number of nitrogens with zero attached hydrogens (tertiary/aromatic N) is 2. The number of piperidine rings is 1. The molecule has 1 aromatic heterocycles. The lowest BCUT2D eigenvalue weighted by Crippen LogP contribution is -2.44. The van der Waals surface area contributed by atoms with Gasteiger partial charge in [-0.3, -0.25) is 9.59 Å². The number of ketones is 1. The van der Waals surface area contributed by atoms with Crippen molar-refractivity contribution < 1.29 is 9.59 Å². The van der Waals surface area contributed by atoms with E-state index in [9.17, 15) is 9.59 Å². The summed E-state index contributed by atoms with van der Waals surface area (Å²) in [5.41, 5.74) is 2.24. The van der Waals surface area contributed by atoms with E-state index in [2.05, 4.69) is 9.97 Å². The first kappa shape index (κ1) is 18.5. The number of aryl methyl sites for hydroxylation is 1. The Labute approximate surface area is 154 Å². The second-order valence-corrected chi connectivity index (χ2v) is 8.43. The lowest BCUT2D eigenvalue weighted by atomic mass is 9.83. The minimum absolute atomic E-state index is 0.170. The molecule has 5 nitrogen and oxygen atoms in total. The Balaban J connectivity index is 1.29. The Hall–Kier alpha value is -1.30. The van der Waals surface area contributed by atoms with Gasteiger partial charge in [0.15, 0.2) is 0 Å². The van der Waals surface area contributed by atoms with Crippen LogP contribution < -0.4 is 0 Å². The number of Topliss-reactive ketones (excluding diaryl/α,β-unsaturated/α-hetero) is 1. The molecule has 1 aliphatic heterocycles. The van der Waals surface area contributed by atoms with Gasteiger partial charge in [0.05, 0.1) is 12.0 Å². The van der Waals surface area contributed by atoms with Gasteiger partial charge in [-0.15, -0.1) is 0 Å². The highest BCUT2D eigenvalue weighted by Gasteiger charge is 2.32. The molecule has 1 saturated carbocycles. The van der Waals surface area contributed by atoms with E-state index in [0.717, 1.165) is 68.1 Å². The summed E-state index contributed by atoms with van der Waals surface area (Å²) in [6, 6.07) is 0. The van der Waals surface area contributed by atoms with Crippen molar-refractivity contribution in [2.75, 3.05) is 18.8 Å². The topological polar surface area (TPSA) is 66.1 Å². The molecule has 1 aliphatic carbocycles. The maximum absolute atomic E-state index is 12.4. The summed E-state index contributed by atoms with van der Waals surface area (Å²) in [5.74, 6) is 3.09. The number of hydrogen-bond donors (Lipinski definition) is 1. The summed E-state index contributed by atoms with van der Waals surface area (Å²) in [7, 11) is 0. The molecular formula is C19H29N3O2S. The normalized spacial score (nSPS) is 19.0. The van der Waals surface area contributed by atoms with Crippen LogP contribution in [0.4, 0.5) is 0 Å². The molecule has 3 rings (SSSR count). The lowest BCUT2D eigenvalue weighted by Gasteiger charge is -2.36. The zero-order chi connectivity index (χ0) is 17.6. The van der Waals surface area contributed by atoms with Crippen LogP contribution in [0.2, 0.25) is 0 Å². The minimum atomic E-state index is 0.170. The first-order valence-electron chi connectivity index (χ1n) is 9.53. The Morgan fingerprint density at radius 2 is 2.00 bits per heavy atom. The van der Waals surface area contributed by atoms with E-state index in [1.165, 1.54) is 6.42 Å². The van der Waals surface area contributed by atoms with E-state index in [1.807, 2.05) is 23.6 Å². The molecule has 1 amide bonds. The van der Waals surface area contributed by atoms with Gasteiger partial charge < -0.3 is 9.88 Å². The number of likely N-dealkylation sites (tertiary alicyclic amines) is 1. The summed E-state index contributed by atoms with van der Waals surface area (Å²) >= 11 is 1.84. The first-order valence-corrected chi connectivity index (χ1v) is 10.7. The zero-order valence-corrected chi connectivity index (χ0v) is 15.9. The van der Waals surface area contributed by atoms with E-state index >= 15 is 0 Å². The van der Waals surface area contributed by atoms with Crippen LogP contribution >= 0.6 is 11.8 Å². The smallest absolute Gasteiger partial charge is 0.225 e. The SMILES string of the molecule is Cc1[nH]cnc1CSCCCC(=O)C1CCN(C(=O)C2CCC2)CC1. The van der Waals surface area contributed by atoms with Gasteiger partial charge in [0, 0.05) is 42.8 Å². The van der Waals surface area contributed by atoms with E-state index < -0.39 is 0 Å².